The topological polar surface area (TPSA) is 61.8 Å². The van der Waals surface area contributed by atoms with Gasteiger partial charge in [0.15, 0.2) is 0 Å². The van der Waals surface area contributed by atoms with Crippen molar-refractivity contribution in [3.8, 4) is 0 Å². The molecular formula is C11H23ClN2O3. The number of rotatable bonds is 6. The molecule has 2 unspecified atom stereocenters. The average Bonchev–Trinajstić information content (AvgIpc) is 2.26. The molecule has 1 heterocycles. The smallest absolute Gasteiger partial charge is 0.303 e. The molecule has 2 atom stereocenters. The van der Waals surface area contributed by atoms with Gasteiger partial charge in [0.1, 0.15) is 0 Å². The predicted molar refractivity (Wildman–Crippen MR) is 68.3 cm³/mol. The van der Waals surface area contributed by atoms with Crippen molar-refractivity contribution in [3.63, 3.8) is 0 Å². The Hall–Kier alpha value is -0.360. The lowest BCUT2D eigenvalue weighted by Crippen LogP contribution is -2.50. The molecular weight excluding hydrogens is 244 g/mol. The number of hydrogen-bond acceptors (Lipinski definition) is 4. The first-order valence-electron chi connectivity index (χ1n) is 5.93. The molecule has 0 saturated carbocycles. The molecule has 0 aromatic carbocycles. The Morgan fingerprint density at radius 3 is 2.94 bits per heavy atom. The molecule has 1 rings (SSSR count). The van der Waals surface area contributed by atoms with E-state index in [0.717, 1.165) is 26.1 Å². The largest absolute Gasteiger partial charge is 0.481 e. The number of carbonyl (C=O) groups is 1. The summed E-state index contributed by atoms with van der Waals surface area (Å²) in [5, 5.41) is 10.8. The number of aliphatic carboxylic acids is 1. The number of ether oxygens (including phenoxy) is 1. The molecule has 102 valence electrons. The van der Waals surface area contributed by atoms with Crippen LogP contribution in [0, 0.1) is 5.92 Å². The van der Waals surface area contributed by atoms with Crippen molar-refractivity contribution < 1.29 is 14.6 Å². The van der Waals surface area contributed by atoms with Crippen LogP contribution in [-0.4, -0.2) is 48.4 Å². The molecule has 0 spiro atoms. The van der Waals surface area contributed by atoms with E-state index in [1.165, 1.54) is 0 Å². The average molecular weight is 267 g/mol. The van der Waals surface area contributed by atoms with Gasteiger partial charge in [-0.05, 0) is 12.3 Å². The van der Waals surface area contributed by atoms with E-state index in [-0.39, 0.29) is 24.7 Å². The van der Waals surface area contributed by atoms with Gasteiger partial charge in [0.05, 0.1) is 12.7 Å². The summed E-state index contributed by atoms with van der Waals surface area (Å²) in [5.41, 5.74) is 3.28. The first kappa shape index (κ1) is 16.6. The molecule has 1 fully saturated rings. The summed E-state index contributed by atoms with van der Waals surface area (Å²) in [6, 6.07) is 0. The monoisotopic (exact) mass is 266 g/mol. The molecule has 0 aromatic heterocycles. The zero-order chi connectivity index (χ0) is 12.0. The maximum Gasteiger partial charge on any atom is 0.303 e. The molecule has 1 aliphatic heterocycles. The van der Waals surface area contributed by atoms with Gasteiger partial charge in [-0.15, -0.1) is 12.4 Å². The summed E-state index contributed by atoms with van der Waals surface area (Å²) in [6.45, 7) is 7.27. The summed E-state index contributed by atoms with van der Waals surface area (Å²) in [4.78, 5) is 10.5. The van der Waals surface area contributed by atoms with E-state index in [9.17, 15) is 4.79 Å². The zero-order valence-corrected chi connectivity index (χ0v) is 11.3. The zero-order valence-electron chi connectivity index (χ0n) is 10.5. The molecule has 0 aliphatic carbocycles. The van der Waals surface area contributed by atoms with E-state index in [4.69, 9.17) is 9.84 Å². The van der Waals surface area contributed by atoms with Crippen LogP contribution >= 0.6 is 12.4 Å². The second-order valence-electron chi connectivity index (χ2n) is 4.41. The molecule has 5 nitrogen and oxygen atoms in total. The van der Waals surface area contributed by atoms with E-state index in [2.05, 4.69) is 17.4 Å². The Kier molecular flexibility index (Phi) is 8.51. The van der Waals surface area contributed by atoms with Crippen molar-refractivity contribution in [1.82, 2.24) is 10.4 Å². The summed E-state index contributed by atoms with van der Waals surface area (Å²) < 4.78 is 5.55. The van der Waals surface area contributed by atoms with Crippen LogP contribution in [0.4, 0.5) is 0 Å². The number of halogens is 1. The first-order valence-corrected chi connectivity index (χ1v) is 5.93. The van der Waals surface area contributed by atoms with Gasteiger partial charge in [-0.2, -0.15) is 0 Å². The van der Waals surface area contributed by atoms with Crippen LogP contribution in [0.5, 0.6) is 0 Å². The van der Waals surface area contributed by atoms with Crippen LogP contribution < -0.4 is 5.43 Å². The summed E-state index contributed by atoms with van der Waals surface area (Å²) in [5.74, 6) is -0.580. The molecule has 1 saturated heterocycles. The fourth-order valence-corrected chi connectivity index (χ4v) is 1.77. The molecule has 6 heteroatoms. The molecule has 0 aromatic rings. The highest BCUT2D eigenvalue weighted by molar-refractivity contribution is 5.85. The second kappa shape index (κ2) is 8.69. The van der Waals surface area contributed by atoms with Gasteiger partial charge < -0.3 is 9.84 Å². The van der Waals surface area contributed by atoms with E-state index in [1.807, 2.05) is 6.92 Å². The minimum Gasteiger partial charge on any atom is -0.481 e. The predicted octanol–water partition coefficient (Wildman–Crippen LogP) is 1.13. The van der Waals surface area contributed by atoms with Crippen LogP contribution in [0.25, 0.3) is 0 Å². The fourth-order valence-electron chi connectivity index (χ4n) is 1.77. The van der Waals surface area contributed by atoms with Gasteiger partial charge in [-0.25, -0.2) is 5.01 Å². The van der Waals surface area contributed by atoms with Gasteiger partial charge in [-0.1, -0.05) is 13.8 Å². The van der Waals surface area contributed by atoms with E-state index < -0.39 is 5.97 Å². The number of carboxylic acid groups (broad SMARTS) is 1. The van der Waals surface area contributed by atoms with Crippen LogP contribution in [-0.2, 0) is 9.53 Å². The number of hydrazine groups is 1. The van der Waals surface area contributed by atoms with Crippen molar-refractivity contribution in [1.29, 1.82) is 0 Å². The van der Waals surface area contributed by atoms with Crippen LogP contribution in [0.3, 0.4) is 0 Å². The third-order valence-electron chi connectivity index (χ3n) is 2.78. The first-order chi connectivity index (χ1) is 7.61. The lowest BCUT2D eigenvalue weighted by Gasteiger charge is -2.33. The molecule has 0 radical (unpaired) electrons. The Morgan fingerprint density at radius 1 is 1.65 bits per heavy atom. The summed E-state index contributed by atoms with van der Waals surface area (Å²) in [6.07, 6.45) is 1.54. The number of nitrogens with one attached hydrogen (secondary N) is 1. The summed E-state index contributed by atoms with van der Waals surface area (Å²) in [7, 11) is 0. The molecule has 17 heavy (non-hydrogen) atoms. The summed E-state index contributed by atoms with van der Waals surface area (Å²) >= 11 is 0. The number of nitrogens with zero attached hydrogens (tertiary/aromatic N) is 1. The van der Waals surface area contributed by atoms with Crippen molar-refractivity contribution in [3.05, 3.63) is 0 Å². The molecule has 1 aliphatic rings. The van der Waals surface area contributed by atoms with Gasteiger partial charge in [-0.3, -0.25) is 10.2 Å². The Morgan fingerprint density at radius 2 is 2.35 bits per heavy atom. The van der Waals surface area contributed by atoms with Crippen LogP contribution in [0.15, 0.2) is 0 Å². The minimum atomic E-state index is -0.734. The van der Waals surface area contributed by atoms with Crippen molar-refractivity contribution in [2.75, 3.05) is 26.2 Å². The minimum absolute atomic E-state index is 0. The van der Waals surface area contributed by atoms with Gasteiger partial charge in [0.25, 0.3) is 0 Å². The lowest BCUT2D eigenvalue weighted by molar-refractivity contribution is -0.138. The highest BCUT2D eigenvalue weighted by atomic mass is 35.5. The third kappa shape index (κ3) is 6.83. The van der Waals surface area contributed by atoms with Crippen molar-refractivity contribution in [2.24, 2.45) is 5.92 Å². The standard InChI is InChI=1S/C11H22N2O3.ClH/c1-3-10-8-13(4-5-16-10)12-7-9(2)6-11(14)15;/h9-10,12H,3-8H2,1-2H3,(H,14,15);1H. The second-order valence-corrected chi connectivity index (χ2v) is 4.41. The normalized spacial score (nSPS) is 22.8. The van der Waals surface area contributed by atoms with Crippen LogP contribution in [0.1, 0.15) is 26.7 Å². The van der Waals surface area contributed by atoms with E-state index in [0.29, 0.717) is 12.6 Å². The quantitative estimate of drug-likeness (QED) is 0.755. The number of carboxylic acids is 1. The molecule has 0 bridgehead atoms. The maximum absolute atomic E-state index is 10.5. The van der Waals surface area contributed by atoms with Gasteiger partial charge in [0, 0.05) is 26.1 Å². The Labute approximate surface area is 109 Å². The van der Waals surface area contributed by atoms with Crippen molar-refractivity contribution in [2.45, 2.75) is 32.8 Å². The number of morpholine rings is 1. The third-order valence-corrected chi connectivity index (χ3v) is 2.78. The number of hydrogen-bond donors (Lipinski definition) is 2. The van der Waals surface area contributed by atoms with Crippen LogP contribution in [0.2, 0.25) is 0 Å². The van der Waals surface area contributed by atoms with Gasteiger partial charge in [0.2, 0.25) is 0 Å². The Balaban J connectivity index is 0.00000256. The highest BCUT2D eigenvalue weighted by Gasteiger charge is 2.19. The lowest BCUT2D eigenvalue weighted by atomic mass is 10.1. The van der Waals surface area contributed by atoms with E-state index >= 15 is 0 Å². The Bertz CT molecular complexity index is 229. The fraction of sp³-hybridized carbons (Fsp3) is 0.909. The maximum atomic E-state index is 10.5. The SMILES string of the molecule is CCC1CN(NCC(C)CC(=O)O)CCO1.Cl. The van der Waals surface area contributed by atoms with Crippen molar-refractivity contribution >= 4 is 18.4 Å². The van der Waals surface area contributed by atoms with Gasteiger partial charge >= 0.3 is 5.97 Å². The molecule has 0 amide bonds. The van der Waals surface area contributed by atoms with E-state index in [1.54, 1.807) is 0 Å². The molecule has 2 N–H and O–H groups in total. The highest BCUT2D eigenvalue weighted by Crippen LogP contribution is 2.07.